The smallest absolute Gasteiger partial charge is 0.224 e. The minimum atomic E-state index is -0.462. The topological polar surface area (TPSA) is 79.4 Å². The van der Waals surface area contributed by atoms with E-state index in [1.807, 2.05) is 6.92 Å². The van der Waals surface area contributed by atoms with E-state index in [9.17, 15) is 14.4 Å². The van der Waals surface area contributed by atoms with Crippen LogP contribution in [0.5, 0.6) is 0 Å². The number of carbonyl (C=O) groups excluding carboxylic acids is 3. The van der Waals surface area contributed by atoms with E-state index < -0.39 is 5.92 Å². The molecule has 3 rings (SSSR count). The fourth-order valence-electron chi connectivity index (χ4n) is 5.91. The SMILES string of the molecule is C=C(CN(CC)CC)C(=O)CC[C@@H](NC(=O)[C@@H](CC(=O)CCC)Cc1nc2ccc(C(C)C)cc2s1)C1CCCC1. The van der Waals surface area contributed by atoms with Crippen molar-refractivity contribution in [2.24, 2.45) is 11.8 Å². The van der Waals surface area contributed by atoms with Crippen molar-refractivity contribution in [2.45, 2.75) is 111 Å². The summed E-state index contributed by atoms with van der Waals surface area (Å²) in [5, 5.41) is 4.23. The lowest BCUT2D eigenvalue weighted by atomic mass is 9.90. The van der Waals surface area contributed by atoms with Gasteiger partial charge in [-0.05, 0) is 68.3 Å². The van der Waals surface area contributed by atoms with Crippen LogP contribution in [0.4, 0.5) is 0 Å². The maximum atomic E-state index is 13.8. The molecular formula is C34H51N3O3S. The Morgan fingerprint density at radius 2 is 1.80 bits per heavy atom. The summed E-state index contributed by atoms with van der Waals surface area (Å²) in [4.78, 5) is 46.6. The molecule has 1 N–H and O–H groups in total. The fraction of sp³-hybridized carbons (Fsp3) is 0.647. The predicted octanol–water partition coefficient (Wildman–Crippen LogP) is 7.26. The van der Waals surface area contributed by atoms with E-state index >= 15 is 0 Å². The molecule has 0 unspecified atom stereocenters. The Balaban J connectivity index is 1.74. The number of carbonyl (C=O) groups is 3. The van der Waals surface area contributed by atoms with Gasteiger partial charge in [0.25, 0.3) is 0 Å². The van der Waals surface area contributed by atoms with E-state index in [4.69, 9.17) is 4.98 Å². The van der Waals surface area contributed by atoms with Crippen molar-refractivity contribution in [1.82, 2.24) is 15.2 Å². The highest BCUT2D eigenvalue weighted by molar-refractivity contribution is 7.18. The number of aromatic nitrogens is 1. The number of benzene rings is 1. The number of likely N-dealkylation sites (N-methyl/N-ethyl adjacent to an activating group) is 1. The van der Waals surface area contributed by atoms with Gasteiger partial charge in [-0.2, -0.15) is 0 Å². The maximum Gasteiger partial charge on any atom is 0.224 e. The van der Waals surface area contributed by atoms with Gasteiger partial charge >= 0.3 is 0 Å². The summed E-state index contributed by atoms with van der Waals surface area (Å²) in [6, 6.07) is 6.31. The second-order valence-electron chi connectivity index (χ2n) is 12.1. The van der Waals surface area contributed by atoms with Crippen LogP contribution in [0.1, 0.15) is 109 Å². The molecule has 1 aromatic heterocycles. The van der Waals surface area contributed by atoms with Gasteiger partial charge in [0.2, 0.25) is 5.91 Å². The first-order chi connectivity index (χ1) is 19.6. The highest BCUT2D eigenvalue weighted by Gasteiger charge is 2.31. The summed E-state index contributed by atoms with van der Waals surface area (Å²) in [5.74, 6) is 0.463. The third-order valence-electron chi connectivity index (χ3n) is 8.60. The first kappa shape index (κ1) is 33.1. The number of amides is 1. The molecule has 0 aliphatic heterocycles. The molecule has 0 radical (unpaired) electrons. The van der Waals surface area contributed by atoms with Crippen LogP contribution in [0.3, 0.4) is 0 Å². The van der Waals surface area contributed by atoms with Crippen LogP contribution in [-0.2, 0) is 20.8 Å². The summed E-state index contributed by atoms with van der Waals surface area (Å²) < 4.78 is 1.12. The minimum Gasteiger partial charge on any atom is -0.353 e. The lowest BCUT2D eigenvalue weighted by molar-refractivity contribution is -0.130. The van der Waals surface area contributed by atoms with Gasteiger partial charge in [0.15, 0.2) is 5.78 Å². The van der Waals surface area contributed by atoms with Crippen LogP contribution in [0.2, 0.25) is 0 Å². The van der Waals surface area contributed by atoms with Crippen LogP contribution in [-0.4, -0.2) is 53.0 Å². The zero-order valence-electron chi connectivity index (χ0n) is 26.0. The average molecular weight is 582 g/mol. The summed E-state index contributed by atoms with van der Waals surface area (Å²) in [5.41, 5.74) is 2.86. The first-order valence-corrected chi connectivity index (χ1v) is 16.6. The van der Waals surface area contributed by atoms with Crippen LogP contribution in [0.15, 0.2) is 30.4 Å². The van der Waals surface area contributed by atoms with Gasteiger partial charge in [0.1, 0.15) is 5.78 Å². The number of ketones is 2. The van der Waals surface area contributed by atoms with Gasteiger partial charge in [0.05, 0.1) is 21.1 Å². The van der Waals surface area contributed by atoms with Crippen molar-refractivity contribution < 1.29 is 14.4 Å². The Morgan fingerprint density at radius 1 is 1.10 bits per heavy atom. The Kier molecular flexibility index (Phi) is 13.2. The summed E-state index contributed by atoms with van der Waals surface area (Å²) in [7, 11) is 0. The number of nitrogens with one attached hydrogen (secondary N) is 1. The number of fused-ring (bicyclic) bond motifs is 1. The predicted molar refractivity (Wildman–Crippen MR) is 170 cm³/mol. The third-order valence-corrected chi connectivity index (χ3v) is 9.64. The molecule has 7 heteroatoms. The van der Waals surface area contributed by atoms with Crippen molar-refractivity contribution >= 4 is 39.0 Å². The van der Waals surface area contributed by atoms with E-state index in [0.717, 1.165) is 60.4 Å². The Morgan fingerprint density at radius 3 is 2.44 bits per heavy atom. The van der Waals surface area contributed by atoms with E-state index in [-0.39, 0.29) is 29.9 Å². The molecule has 1 saturated carbocycles. The average Bonchev–Trinajstić information content (AvgIpc) is 3.62. The first-order valence-electron chi connectivity index (χ1n) is 15.8. The highest BCUT2D eigenvalue weighted by atomic mass is 32.1. The molecule has 0 bridgehead atoms. The number of hydrogen-bond acceptors (Lipinski definition) is 6. The molecule has 1 aliphatic carbocycles. The Labute approximate surface area is 251 Å². The Hall–Kier alpha value is -2.38. The number of nitrogens with zero attached hydrogens (tertiary/aromatic N) is 2. The minimum absolute atomic E-state index is 0.0667. The number of hydrogen-bond donors (Lipinski definition) is 1. The maximum absolute atomic E-state index is 13.8. The summed E-state index contributed by atoms with van der Waals surface area (Å²) in [6.07, 6.45) is 7.37. The van der Waals surface area contributed by atoms with E-state index in [1.165, 1.54) is 5.56 Å². The van der Waals surface area contributed by atoms with E-state index in [1.54, 1.807) is 11.3 Å². The Bertz CT molecular complexity index is 1180. The summed E-state index contributed by atoms with van der Waals surface area (Å²) in [6.45, 7) is 17.0. The zero-order chi connectivity index (χ0) is 29.9. The third kappa shape index (κ3) is 9.85. The molecule has 0 saturated heterocycles. The molecular weight excluding hydrogens is 530 g/mol. The van der Waals surface area contributed by atoms with Gasteiger partial charge in [-0.3, -0.25) is 19.3 Å². The molecule has 1 amide bonds. The molecule has 1 aliphatic rings. The molecule has 6 nitrogen and oxygen atoms in total. The van der Waals surface area contributed by atoms with Gasteiger partial charge in [-0.15, -0.1) is 11.3 Å². The second kappa shape index (κ2) is 16.3. The molecule has 41 heavy (non-hydrogen) atoms. The largest absolute Gasteiger partial charge is 0.353 e. The van der Waals surface area contributed by atoms with Gasteiger partial charge in [-0.1, -0.05) is 60.1 Å². The van der Waals surface area contributed by atoms with Gasteiger partial charge < -0.3 is 5.32 Å². The number of Topliss-reactive ketones (excluding diaryl/α,β-unsaturated/α-hetero) is 2. The molecule has 2 atom stereocenters. The molecule has 1 fully saturated rings. The fourth-order valence-corrected chi connectivity index (χ4v) is 7.01. The van der Waals surface area contributed by atoms with E-state index in [0.29, 0.717) is 49.6 Å². The highest BCUT2D eigenvalue weighted by Crippen LogP contribution is 2.31. The van der Waals surface area contributed by atoms with Crippen LogP contribution in [0.25, 0.3) is 10.2 Å². The van der Waals surface area contributed by atoms with Gasteiger partial charge in [-0.25, -0.2) is 4.98 Å². The normalized spacial score (nSPS) is 15.5. The number of rotatable bonds is 18. The summed E-state index contributed by atoms with van der Waals surface area (Å²) >= 11 is 1.62. The van der Waals surface area contributed by atoms with Crippen LogP contribution in [0, 0.1) is 11.8 Å². The molecule has 0 spiro atoms. The number of thiazole rings is 1. The van der Waals surface area contributed by atoms with Crippen LogP contribution < -0.4 is 5.32 Å². The van der Waals surface area contributed by atoms with E-state index in [2.05, 4.69) is 62.7 Å². The molecule has 2 aromatic rings. The van der Waals surface area contributed by atoms with Crippen molar-refractivity contribution in [3.05, 3.63) is 40.9 Å². The molecule has 226 valence electrons. The second-order valence-corrected chi connectivity index (χ2v) is 13.2. The monoisotopic (exact) mass is 581 g/mol. The van der Waals surface area contributed by atoms with Crippen molar-refractivity contribution in [2.75, 3.05) is 19.6 Å². The molecule has 1 aromatic carbocycles. The van der Waals surface area contributed by atoms with Crippen molar-refractivity contribution in [3.8, 4) is 0 Å². The van der Waals surface area contributed by atoms with Gasteiger partial charge in [0, 0.05) is 43.8 Å². The lowest BCUT2D eigenvalue weighted by Gasteiger charge is -2.27. The standard InChI is InChI=1S/C34H51N3O3S/c1-7-12-28(38)19-27(21-33-35-30-16-15-26(23(4)5)20-32(30)41-33)34(40)36-29(25-13-10-11-14-25)17-18-31(39)24(6)22-37(8-2)9-3/h15-16,20,23,25,27,29H,6-14,17-19,21-22H2,1-5H3,(H,36,40)/t27-,29+/m0/s1. The lowest BCUT2D eigenvalue weighted by Crippen LogP contribution is -2.44. The molecule has 1 heterocycles. The zero-order valence-corrected chi connectivity index (χ0v) is 26.8. The van der Waals surface area contributed by atoms with Crippen molar-refractivity contribution in [3.63, 3.8) is 0 Å². The van der Waals surface area contributed by atoms with Crippen LogP contribution >= 0.6 is 11.3 Å². The quantitative estimate of drug-likeness (QED) is 0.187. The van der Waals surface area contributed by atoms with Crippen molar-refractivity contribution in [1.29, 1.82) is 0 Å².